The maximum atomic E-state index is 5.02. The van der Waals surface area contributed by atoms with E-state index in [1.54, 1.807) is 0 Å². The Morgan fingerprint density at radius 1 is 0.298 bits per heavy atom. The molecule has 0 aliphatic heterocycles. The van der Waals surface area contributed by atoms with E-state index in [4.69, 9.17) is 15.0 Å². The fourth-order valence-corrected chi connectivity index (χ4v) is 10.6. The Bertz CT molecular complexity index is 3470. The summed E-state index contributed by atoms with van der Waals surface area (Å²) in [5, 5.41) is 7.77. The fraction of sp³-hybridized carbons (Fsp3) is 0. The molecule has 4 heterocycles. The maximum Gasteiger partial charge on any atom is 0.164 e. The number of aromatic nitrogens is 4. The van der Waals surface area contributed by atoms with Gasteiger partial charge < -0.3 is 4.57 Å². The quantitative estimate of drug-likeness (QED) is 0.175. The van der Waals surface area contributed by atoms with E-state index in [0.717, 1.165) is 33.4 Å². The third kappa shape index (κ3) is 5.30. The molecule has 0 fully saturated rings. The Morgan fingerprint density at radius 3 is 1.53 bits per heavy atom. The van der Waals surface area contributed by atoms with E-state index in [2.05, 4.69) is 126 Å². The van der Waals surface area contributed by atoms with Gasteiger partial charge in [0.1, 0.15) is 0 Å². The summed E-state index contributed by atoms with van der Waals surface area (Å²) in [6.07, 6.45) is 0. The zero-order chi connectivity index (χ0) is 37.5. The van der Waals surface area contributed by atoms with Crippen LogP contribution in [0.3, 0.4) is 0 Å². The van der Waals surface area contributed by atoms with Gasteiger partial charge in [0.05, 0.1) is 11.0 Å². The van der Waals surface area contributed by atoms with Crippen molar-refractivity contribution in [2.45, 2.75) is 0 Å². The van der Waals surface area contributed by atoms with E-state index < -0.39 is 0 Å². The van der Waals surface area contributed by atoms with Crippen molar-refractivity contribution in [2.75, 3.05) is 0 Å². The van der Waals surface area contributed by atoms with Crippen LogP contribution in [0.2, 0.25) is 0 Å². The van der Waals surface area contributed by atoms with Gasteiger partial charge in [-0.2, -0.15) is 0 Å². The molecule has 12 rings (SSSR count). The summed E-state index contributed by atoms with van der Waals surface area (Å²) in [6.45, 7) is 0. The van der Waals surface area contributed by atoms with Gasteiger partial charge in [-0.25, -0.2) is 15.0 Å². The minimum atomic E-state index is 0.636. The number of fused-ring (bicyclic) bond motifs is 9. The minimum Gasteiger partial charge on any atom is -0.309 e. The molecule has 12 aromatic rings. The third-order valence-corrected chi connectivity index (χ3v) is 13.3. The summed E-state index contributed by atoms with van der Waals surface area (Å²) in [7, 11) is 0. The van der Waals surface area contributed by atoms with Gasteiger partial charge in [0, 0.05) is 73.5 Å². The van der Waals surface area contributed by atoms with Gasteiger partial charge in [-0.3, -0.25) is 0 Å². The smallest absolute Gasteiger partial charge is 0.164 e. The van der Waals surface area contributed by atoms with Crippen molar-refractivity contribution in [3.05, 3.63) is 182 Å². The molecular formula is C51H30N4S2. The predicted molar refractivity (Wildman–Crippen MR) is 242 cm³/mol. The Morgan fingerprint density at radius 2 is 0.807 bits per heavy atom. The van der Waals surface area contributed by atoms with Gasteiger partial charge in [-0.1, -0.05) is 121 Å². The van der Waals surface area contributed by atoms with Gasteiger partial charge in [-0.05, 0) is 71.8 Å². The van der Waals surface area contributed by atoms with Gasteiger partial charge in [0.15, 0.2) is 17.5 Å². The van der Waals surface area contributed by atoms with E-state index >= 15 is 0 Å². The maximum absolute atomic E-state index is 5.02. The molecule has 8 aromatic carbocycles. The van der Waals surface area contributed by atoms with Crippen LogP contribution in [0.15, 0.2) is 182 Å². The summed E-state index contributed by atoms with van der Waals surface area (Å²) in [5.41, 5.74) is 8.60. The van der Waals surface area contributed by atoms with Crippen molar-refractivity contribution in [1.29, 1.82) is 0 Å². The third-order valence-electron chi connectivity index (χ3n) is 11.0. The van der Waals surface area contributed by atoms with Crippen LogP contribution >= 0.6 is 22.7 Å². The number of benzene rings is 8. The zero-order valence-corrected chi connectivity index (χ0v) is 32.1. The lowest BCUT2D eigenvalue weighted by atomic mass is 10.0. The molecule has 266 valence electrons. The second kappa shape index (κ2) is 12.8. The first kappa shape index (κ1) is 32.3. The highest BCUT2D eigenvalue weighted by Gasteiger charge is 2.17. The highest BCUT2D eigenvalue weighted by molar-refractivity contribution is 7.27. The van der Waals surface area contributed by atoms with E-state index in [1.165, 1.54) is 62.2 Å². The molecule has 0 unspecified atom stereocenters. The van der Waals surface area contributed by atoms with Gasteiger partial charge >= 0.3 is 0 Å². The molecule has 0 aliphatic rings. The summed E-state index contributed by atoms with van der Waals surface area (Å²) < 4.78 is 7.70. The van der Waals surface area contributed by atoms with Crippen molar-refractivity contribution < 1.29 is 0 Å². The average Bonchev–Trinajstić information content (AvgIpc) is 3.94. The molecule has 57 heavy (non-hydrogen) atoms. The first-order chi connectivity index (χ1) is 28.2. The molecule has 0 bridgehead atoms. The van der Waals surface area contributed by atoms with Gasteiger partial charge in [0.2, 0.25) is 0 Å². The molecule has 0 radical (unpaired) electrons. The van der Waals surface area contributed by atoms with E-state index in [1.807, 2.05) is 83.3 Å². The lowest BCUT2D eigenvalue weighted by Crippen LogP contribution is -2.01. The summed E-state index contributed by atoms with van der Waals surface area (Å²) >= 11 is 3.77. The molecule has 0 saturated heterocycles. The minimum absolute atomic E-state index is 0.636. The van der Waals surface area contributed by atoms with E-state index in [9.17, 15) is 0 Å². The number of hydrogen-bond acceptors (Lipinski definition) is 5. The van der Waals surface area contributed by atoms with Crippen molar-refractivity contribution in [1.82, 2.24) is 19.5 Å². The normalized spacial score (nSPS) is 11.9. The van der Waals surface area contributed by atoms with Crippen LogP contribution in [0.1, 0.15) is 0 Å². The molecule has 0 saturated carbocycles. The summed E-state index contributed by atoms with van der Waals surface area (Å²) in [6, 6.07) is 64.9. The predicted octanol–water partition coefficient (Wildman–Crippen LogP) is 14.4. The summed E-state index contributed by atoms with van der Waals surface area (Å²) in [4.78, 5) is 15.0. The summed E-state index contributed by atoms with van der Waals surface area (Å²) in [5.74, 6) is 1.93. The van der Waals surface area contributed by atoms with Crippen LogP contribution in [0.5, 0.6) is 0 Å². The topological polar surface area (TPSA) is 43.6 Å². The Hall–Kier alpha value is -6.99. The molecule has 0 aliphatic carbocycles. The van der Waals surface area contributed by atoms with Crippen LogP contribution in [0.25, 0.3) is 113 Å². The monoisotopic (exact) mass is 762 g/mol. The van der Waals surface area contributed by atoms with Crippen LogP contribution in [0, 0.1) is 0 Å². The Balaban J connectivity index is 0.983. The molecule has 0 atom stereocenters. The number of rotatable bonds is 5. The Labute approximate surface area is 335 Å². The number of hydrogen-bond donors (Lipinski definition) is 0. The van der Waals surface area contributed by atoms with Crippen LogP contribution in [-0.2, 0) is 0 Å². The number of para-hydroxylation sites is 1. The standard InChI is InChI=1S/C51H30N4S2/c1-3-12-31(13-4-1)49-52-50(32-14-5-2-6-15-32)54-51(53-49)35-16-11-17-36(26-35)55-43-20-9-7-18-37(43)39-27-33(22-24-44(39)55)34-23-25-46-40(28-34)42-30-47-41(29-48(42)57-46)38-19-8-10-21-45(38)56-47/h1-30H. The first-order valence-corrected chi connectivity index (χ1v) is 20.6. The van der Waals surface area contributed by atoms with Gasteiger partial charge in [-0.15, -0.1) is 22.7 Å². The van der Waals surface area contributed by atoms with Crippen molar-refractivity contribution in [2.24, 2.45) is 0 Å². The molecule has 4 nitrogen and oxygen atoms in total. The number of thiophene rings is 2. The van der Waals surface area contributed by atoms with E-state index in [0.29, 0.717) is 17.5 Å². The second-order valence-corrected chi connectivity index (χ2v) is 16.6. The van der Waals surface area contributed by atoms with E-state index in [-0.39, 0.29) is 0 Å². The van der Waals surface area contributed by atoms with Crippen molar-refractivity contribution >= 4 is 84.8 Å². The van der Waals surface area contributed by atoms with Crippen LogP contribution in [-0.4, -0.2) is 19.5 Å². The molecule has 4 aromatic heterocycles. The molecule has 0 spiro atoms. The molecule has 0 N–H and O–H groups in total. The highest BCUT2D eigenvalue weighted by atomic mass is 32.1. The lowest BCUT2D eigenvalue weighted by molar-refractivity contribution is 1.07. The molecular weight excluding hydrogens is 733 g/mol. The molecule has 0 amide bonds. The first-order valence-electron chi connectivity index (χ1n) is 19.0. The number of nitrogens with zero attached hydrogens (tertiary/aromatic N) is 4. The second-order valence-electron chi connectivity index (χ2n) is 14.4. The SMILES string of the molecule is c1ccc(-c2nc(-c3ccccc3)nc(-c3cccc(-n4c5ccccc5c5cc(-c6ccc7sc8cc9c(cc8c7c6)sc6ccccc69)ccc54)c3)n2)cc1. The Kier molecular flexibility index (Phi) is 7.24. The highest BCUT2D eigenvalue weighted by Crippen LogP contribution is 2.43. The average molecular weight is 763 g/mol. The van der Waals surface area contributed by atoms with Crippen LogP contribution < -0.4 is 0 Å². The van der Waals surface area contributed by atoms with Crippen LogP contribution in [0.4, 0.5) is 0 Å². The fourth-order valence-electron chi connectivity index (χ4n) is 8.33. The molecule has 6 heteroatoms. The largest absolute Gasteiger partial charge is 0.309 e. The zero-order valence-electron chi connectivity index (χ0n) is 30.4. The lowest BCUT2D eigenvalue weighted by Gasteiger charge is -2.12. The van der Waals surface area contributed by atoms with Crippen molar-refractivity contribution in [3.63, 3.8) is 0 Å². The van der Waals surface area contributed by atoms with Gasteiger partial charge in [0.25, 0.3) is 0 Å². The van der Waals surface area contributed by atoms with Crippen molar-refractivity contribution in [3.8, 4) is 51.0 Å².